The fraction of sp³-hybridized carbons (Fsp3) is 0.158. The minimum Gasteiger partial charge on any atom is -0.504 e. The van der Waals surface area contributed by atoms with Gasteiger partial charge >= 0.3 is 6.18 Å². The quantitative estimate of drug-likeness (QED) is 0.743. The van der Waals surface area contributed by atoms with Gasteiger partial charge in [-0.3, -0.25) is 4.79 Å². The van der Waals surface area contributed by atoms with Crippen LogP contribution in [0, 0.1) is 0 Å². The molecule has 138 valence electrons. The van der Waals surface area contributed by atoms with Crippen LogP contribution in [-0.2, 0) is 12.6 Å². The van der Waals surface area contributed by atoms with E-state index in [1.807, 2.05) is 12.1 Å². The van der Waals surface area contributed by atoms with Crippen LogP contribution in [0.15, 0.2) is 54.7 Å². The van der Waals surface area contributed by atoms with Crippen molar-refractivity contribution in [1.82, 2.24) is 9.78 Å². The van der Waals surface area contributed by atoms with E-state index in [0.29, 0.717) is 18.7 Å². The molecule has 0 atom stereocenters. The van der Waals surface area contributed by atoms with Gasteiger partial charge in [0.25, 0.3) is 5.91 Å². The lowest BCUT2D eigenvalue weighted by molar-refractivity contribution is -0.137. The number of nitrogens with zero attached hydrogens (tertiary/aromatic N) is 3. The van der Waals surface area contributed by atoms with Crippen molar-refractivity contribution in [2.75, 3.05) is 11.4 Å². The molecule has 8 heteroatoms. The number of rotatable bonds is 2. The zero-order valence-electron chi connectivity index (χ0n) is 13.9. The number of aromatic hydroxyl groups is 1. The van der Waals surface area contributed by atoms with E-state index in [2.05, 4.69) is 5.10 Å². The Labute approximate surface area is 152 Å². The summed E-state index contributed by atoms with van der Waals surface area (Å²) in [4.78, 5) is 14.3. The highest BCUT2D eigenvalue weighted by Gasteiger charge is 2.35. The van der Waals surface area contributed by atoms with E-state index in [0.717, 1.165) is 22.5 Å². The molecule has 0 spiro atoms. The van der Waals surface area contributed by atoms with Gasteiger partial charge in [0.1, 0.15) is 0 Å². The van der Waals surface area contributed by atoms with Gasteiger partial charge in [-0.2, -0.15) is 18.3 Å². The van der Waals surface area contributed by atoms with Gasteiger partial charge in [0.15, 0.2) is 11.4 Å². The van der Waals surface area contributed by atoms with Crippen molar-refractivity contribution in [1.29, 1.82) is 0 Å². The Morgan fingerprint density at radius 3 is 2.44 bits per heavy atom. The maximum atomic E-state index is 13.2. The molecule has 1 amide bonds. The van der Waals surface area contributed by atoms with Gasteiger partial charge in [0.05, 0.1) is 17.4 Å². The summed E-state index contributed by atoms with van der Waals surface area (Å²) >= 11 is 0. The lowest BCUT2D eigenvalue weighted by atomic mass is 10.2. The second-order valence-corrected chi connectivity index (χ2v) is 6.16. The van der Waals surface area contributed by atoms with Crippen LogP contribution in [0.2, 0.25) is 0 Å². The van der Waals surface area contributed by atoms with Gasteiger partial charge in [0, 0.05) is 12.2 Å². The molecular weight excluding hydrogens is 359 g/mol. The standard InChI is InChI=1S/C19H14F3N3O2/c20-19(21,22)13-6-2-4-8-15(13)25-11-16(26)17(23-25)18(27)24-10-9-12-5-1-3-7-14(12)24/h1-8,11,26H,9-10H2. The normalized spacial score (nSPS) is 13.7. The Morgan fingerprint density at radius 2 is 1.70 bits per heavy atom. The van der Waals surface area contributed by atoms with Crippen molar-refractivity contribution >= 4 is 11.6 Å². The maximum Gasteiger partial charge on any atom is 0.418 e. The van der Waals surface area contributed by atoms with Crippen LogP contribution >= 0.6 is 0 Å². The minimum absolute atomic E-state index is 0.263. The van der Waals surface area contributed by atoms with Crippen LogP contribution in [0.4, 0.5) is 18.9 Å². The molecule has 2 aromatic carbocycles. The van der Waals surface area contributed by atoms with Gasteiger partial charge in [-0.05, 0) is 30.2 Å². The van der Waals surface area contributed by atoms with E-state index in [1.54, 1.807) is 12.1 Å². The van der Waals surface area contributed by atoms with Crippen LogP contribution in [0.3, 0.4) is 0 Å². The average Bonchev–Trinajstić information content (AvgIpc) is 3.24. The number of benzene rings is 2. The number of hydrogen-bond acceptors (Lipinski definition) is 3. The molecule has 1 aliphatic heterocycles. The molecule has 1 aliphatic rings. The van der Waals surface area contributed by atoms with Crippen LogP contribution in [0.1, 0.15) is 21.6 Å². The smallest absolute Gasteiger partial charge is 0.418 e. The van der Waals surface area contributed by atoms with Crippen molar-refractivity contribution in [2.45, 2.75) is 12.6 Å². The molecule has 0 radical (unpaired) electrons. The summed E-state index contributed by atoms with van der Waals surface area (Å²) in [6, 6.07) is 12.2. The van der Waals surface area contributed by atoms with Crippen LogP contribution in [0.5, 0.6) is 5.75 Å². The van der Waals surface area contributed by atoms with Crippen molar-refractivity contribution in [3.05, 3.63) is 71.5 Å². The number of amides is 1. The van der Waals surface area contributed by atoms with Gasteiger partial charge < -0.3 is 10.0 Å². The fourth-order valence-corrected chi connectivity index (χ4v) is 3.23. The van der Waals surface area contributed by atoms with E-state index in [-0.39, 0.29) is 11.4 Å². The number of hydrogen-bond donors (Lipinski definition) is 1. The predicted octanol–water partition coefficient (Wildman–Crippen LogP) is 3.80. The first-order valence-electron chi connectivity index (χ1n) is 8.21. The minimum atomic E-state index is -4.59. The molecule has 0 bridgehead atoms. The molecule has 0 aliphatic carbocycles. The Balaban J connectivity index is 1.73. The molecule has 0 saturated heterocycles. The fourth-order valence-electron chi connectivity index (χ4n) is 3.23. The predicted molar refractivity (Wildman–Crippen MR) is 92.1 cm³/mol. The van der Waals surface area contributed by atoms with Gasteiger partial charge in [0.2, 0.25) is 0 Å². The number of halogens is 3. The molecule has 5 nitrogen and oxygen atoms in total. The lowest BCUT2D eigenvalue weighted by Gasteiger charge is -2.16. The second kappa shape index (κ2) is 6.15. The summed E-state index contributed by atoms with van der Waals surface area (Å²) in [5, 5.41) is 14.1. The van der Waals surface area contributed by atoms with E-state index in [1.165, 1.54) is 23.1 Å². The Hall–Kier alpha value is -3.29. The first-order chi connectivity index (χ1) is 12.9. The summed E-state index contributed by atoms with van der Waals surface area (Å²) in [6.07, 6.45) is -2.91. The molecule has 1 N–H and O–H groups in total. The number of carbonyl (C=O) groups is 1. The van der Waals surface area contributed by atoms with E-state index in [4.69, 9.17) is 0 Å². The largest absolute Gasteiger partial charge is 0.504 e. The van der Waals surface area contributed by atoms with E-state index in [9.17, 15) is 23.1 Å². The van der Waals surface area contributed by atoms with E-state index < -0.39 is 23.4 Å². The zero-order valence-corrected chi connectivity index (χ0v) is 13.9. The number of alkyl halides is 3. The highest BCUT2D eigenvalue weighted by atomic mass is 19.4. The van der Waals surface area contributed by atoms with Crippen molar-refractivity contribution < 1.29 is 23.1 Å². The molecule has 0 fully saturated rings. The highest BCUT2D eigenvalue weighted by molar-refractivity contribution is 6.07. The number of carbonyl (C=O) groups excluding carboxylic acids is 1. The third-order valence-corrected chi connectivity index (χ3v) is 4.49. The Morgan fingerprint density at radius 1 is 1.04 bits per heavy atom. The monoisotopic (exact) mass is 373 g/mol. The highest BCUT2D eigenvalue weighted by Crippen LogP contribution is 2.35. The Bertz CT molecular complexity index is 1030. The Kier molecular flexibility index (Phi) is 3.91. The molecular formula is C19H14F3N3O2. The number of anilines is 1. The zero-order chi connectivity index (χ0) is 19.2. The van der Waals surface area contributed by atoms with Crippen LogP contribution in [0.25, 0.3) is 5.69 Å². The first-order valence-corrected chi connectivity index (χ1v) is 8.21. The van der Waals surface area contributed by atoms with Crippen molar-refractivity contribution in [3.63, 3.8) is 0 Å². The topological polar surface area (TPSA) is 58.4 Å². The summed E-state index contributed by atoms with van der Waals surface area (Å²) in [5.41, 5.74) is 0.252. The number of aromatic nitrogens is 2. The third kappa shape index (κ3) is 2.92. The summed E-state index contributed by atoms with van der Waals surface area (Å²) < 4.78 is 40.6. The molecule has 27 heavy (non-hydrogen) atoms. The van der Waals surface area contributed by atoms with Crippen LogP contribution in [-0.4, -0.2) is 27.3 Å². The summed E-state index contributed by atoms with van der Waals surface area (Å²) in [6.45, 7) is 0.420. The molecule has 4 rings (SSSR count). The van der Waals surface area contributed by atoms with Gasteiger partial charge in [-0.25, -0.2) is 4.68 Å². The molecule has 3 aromatic rings. The maximum absolute atomic E-state index is 13.2. The van der Waals surface area contributed by atoms with Crippen molar-refractivity contribution in [3.8, 4) is 11.4 Å². The molecule has 0 unspecified atom stereocenters. The second-order valence-electron chi connectivity index (χ2n) is 6.16. The molecule has 2 heterocycles. The molecule has 1 aromatic heterocycles. The number of para-hydroxylation sites is 2. The van der Waals surface area contributed by atoms with Gasteiger partial charge in [-0.15, -0.1) is 0 Å². The average molecular weight is 373 g/mol. The van der Waals surface area contributed by atoms with Crippen LogP contribution < -0.4 is 4.90 Å². The van der Waals surface area contributed by atoms with E-state index >= 15 is 0 Å². The molecule has 0 saturated carbocycles. The first kappa shape index (κ1) is 17.1. The summed E-state index contributed by atoms with van der Waals surface area (Å²) in [7, 11) is 0. The third-order valence-electron chi connectivity index (χ3n) is 4.49. The SMILES string of the molecule is O=C(c1nn(-c2ccccc2C(F)(F)F)cc1O)N1CCc2ccccc21. The lowest BCUT2D eigenvalue weighted by Crippen LogP contribution is -2.29. The number of fused-ring (bicyclic) bond motifs is 1. The van der Waals surface area contributed by atoms with Crippen molar-refractivity contribution in [2.24, 2.45) is 0 Å². The summed E-state index contributed by atoms with van der Waals surface area (Å²) in [5.74, 6) is -1.03. The van der Waals surface area contributed by atoms with Gasteiger partial charge in [-0.1, -0.05) is 30.3 Å².